The van der Waals surface area contributed by atoms with Gasteiger partial charge >= 0.3 is 5.97 Å². The summed E-state index contributed by atoms with van der Waals surface area (Å²) in [6.45, 7) is 1.26. The van der Waals surface area contributed by atoms with E-state index in [-0.39, 0.29) is 69.9 Å². The number of carbonyl (C=O) groups is 3. The third kappa shape index (κ3) is 4.00. The number of benzene rings is 2. The maximum Gasteiger partial charge on any atom is 0.303 e. The lowest BCUT2D eigenvalue weighted by Gasteiger charge is -2.18. The van der Waals surface area contributed by atoms with E-state index in [1.807, 2.05) is 6.07 Å². The first-order chi connectivity index (χ1) is 16.8. The van der Waals surface area contributed by atoms with Crippen LogP contribution in [0.3, 0.4) is 0 Å². The fraction of sp³-hybridized carbons (Fsp3) is 0.160. The number of rotatable bonds is 6. The molecular weight excluding hydrogens is 452 g/mol. The predicted molar refractivity (Wildman–Crippen MR) is 123 cm³/mol. The van der Waals surface area contributed by atoms with Crippen LogP contribution >= 0.6 is 0 Å². The molecule has 1 aliphatic rings. The second-order valence-electron chi connectivity index (χ2n) is 7.84. The van der Waals surface area contributed by atoms with E-state index in [4.69, 9.17) is 5.11 Å². The summed E-state index contributed by atoms with van der Waals surface area (Å²) in [6, 6.07) is 12.8. The van der Waals surface area contributed by atoms with Crippen LogP contribution in [0.15, 0.2) is 57.5 Å². The SMILES string of the molecule is Cc1c(C#N)c(O)n(CCCC(=O)O)c(=O)c1N=Nc1cccc2c1C(=O)c1ccccc1C2=O. The number of nitrogens with zero attached hydrogens (tertiary/aromatic N) is 4. The molecule has 2 aromatic carbocycles. The first-order valence-corrected chi connectivity index (χ1v) is 10.6. The van der Waals surface area contributed by atoms with Crippen LogP contribution in [0, 0.1) is 18.3 Å². The van der Waals surface area contributed by atoms with Gasteiger partial charge in [-0.05, 0) is 19.4 Å². The molecule has 0 spiro atoms. The molecule has 10 heteroatoms. The molecule has 0 fully saturated rings. The molecule has 1 heterocycles. The molecule has 4 rings (SSSR count). The molecule has 0 amide bonds. The van der Waals surface area contributed by atoms with Crippen molar-refractivity contribution in [2.75, 3.05) is 0 Å². The van der Waals surface area contributed by atoms with E-state index < -0.39 is 23.2 Å². The van der Waals surface area contributed by atoms with Crippen LogP contribution in [-0.2, 0) is 11.3 Å². The lowest BCUT2D eigenvalue weighted by Crippen LogP contribution is -2.22. The van der Waals surface area contributed by atoms with Crippen molar-refractivity contribution in [1.29, 1.82) is 5.26 Å². The Hall–Kier alpha value is -4.91. The number of azo groups is 1. The molecule has 2 N–H and O–H groups in total. The Bertz CT molecular complexity index is 1540. The number of aromatic nitrogens is 1. The summed E-state index contributed by atoms with van der Waals surface area (Å²) in [4.78, 5) is 49.9. The molecule has 0 atom stereocenters. The van der Waals surface area contributed by atoms with Gasteiger partial charge in [-0.15, -0.1) is 10.2 Å². The lowest BCUT2D eigenvalue weighted by atomic mass is 9.83. The number of aromatic hydroxyl groups is 1. The fourth-order valence-corrected chi connectivity index (χ4v) is 3.97. The molecule has 10 nitrogen and oxygen atoms in total. The highest BCUT2D eigenvalue weighted by Gasteiger charge is 2.31. The molecule has 35 heavy (non-hydrogen) atoms. The van der Waals surface area contributed by atoms with Crippen molar-refractivity contribution < 1.29 is 24.6 Å². The summed E-state index contributed by atoms with van der Waals surface area (Å²) in [5.41, 5.74) is -0.339. The maximum atomic E-state index is 13.1. The summed E-state index contributed by atoms with van der Waals surface area (Å²) in [7, 11) is 0. The number of ketones is 2. The molecule has 0 unspecified atom stereocenters. The van der Waals surface area contributed by atoms with Crippen molar-refractivity contribution in [2.45, 2.75) is 26.3 Å². The summed E-state index contributed by atoms with van der Waals surface area (Å²) >= 11 is 0. The standard InChI is InChI=1S/C25H18N4O6/c1-13-17(12-26)24(34)29(11-5-10-19(30)31)25(35)21(13)28-27-18-9-4-8-16-20(18)23(33)15-7-3-2-6-14(15)22(16)32/h2-4,6-9,34H,5,10-11H2,1H3,(H,30,31). The number of nitriles is 1. The molecule has 1 aliphatic carbocycles. The van der Waals surface area contributed by atoms with Crippen molar-refractivity contribution in [3.05, 3.63) is 86.2 Å². The van der Waals surface area contributed by atoms with E-state index >= 15 is 0 Å². The summed E-state index contributed by atoms with van der Waals surface area (Å²) in [5, 5.41) is 36.8. The monoisotopic (exact) mass is 470 g/mol. The lowest BCUT2D eigenvalue weighted by molar-refractivity contribution is -0.137. The topological polar surface area (TPSA) is 162 Å². The van der Waals surface area contributed by atoms with Gasteiger partial charge in [0.2, 0.25) is 5.88 Å². The number of fused-ring (bicyclic) bond motifs is 2. The van der Waals surface area contributed by atoms with Gasteiger partial charge in [0.05, 0.1) is 11.3 Å². The third-order valence-electron chi connectivity index (χ3n) is 5.73. The highest BCUT2D eigenvalue weighted by Crippen LogP contribution is 2.34. The molecule has 0 aliphatic heterocycles. The van der Waals surface area contributed by atoms with Gasteiger partial charge < -0.3 is 10.2 Å². The average Bonchev–Trinajstić information content (AvgIpc) is 2.84. The van der Waals surface area contributed by atoms with E-state index in [1.165, 1.54) is 19.1 Å². The Morgan fingerprint density at radius 2 is 1.66 bits per heavy atom. The number of carboxylic acid groups (broad SMARTS) is 1. The third-order valence-corrected chi connectivity index (χ3v) is 5.73. The Morgan fingerprint density at radius 3 is 2.31 bits per heavy atom. The molecule has 0 saturated carbocycles. The highest BCUT2D eigenvalue weighted by molar-refractivity contribution is 6.29. The molecule has 0 radical (unpaired) electrons. The second-order valence-corrected chi connectivity index (χ2v) is 7.84. The molecule has 174 valence electrons. The molecule has 1 aromatic heterocycles. The minimum Gasteiger partial charge on any atom is -0.493 e. The quantitative estimate of drug-likeness (QED) is 0.405. The van der Waals surface area contributed by atoms with E-state index in [0.717, 1.165) is 4.57 Å². The number of pyridine rings is 1. The van der Waals surface area contributed by atoms with Gasteiger partial charge in [0.15, 0.2) is 17.3 Å². The number of hydrogen-bond donors (Lipinski definition) is 2. The minimum atomic E-state index is -1.07. The van der Waals surface area contributed by atoms with Crippen molar-refractivity contribution in [1.82, 2.24) is 4.57 Å². The summed E-state index contributed by atoms with van der Waals surface area (Å²) < 4.78 is 0.869. The Labute approximate surface area is 198 Å². The zero-order valence-electron chi connectivity index (χ0n) is 18.5. The van der Waals surface area contributed by atoms with Crippen molar-refractivity contribution in [3.63, 3.8) is 0 Å². The van der Waals surface area contributed by atoms with Crippen molar-refractivity contribution >= 4 is 28.9 Å². The van der Waals surface area contributed by atoms with Crippen LogP contribution in [-0.4, -0.2) is 32.3 Å². The van der Waals surface area contributed by atoms with Gasteiger partial charge in [0, 0.05) is 35.2 Å². The van der Waals surface area contributed by atoms with Crippen LogP contribution in [0.4, 0.5) is 11.4 Å². The molecule has 3 aromatic rings. The molecule has 0 bridgehead atoms. The Morgan fingerprint density at radius 1 is 1.00 bits per heavy atom. The van der Waals surface area contributed by atoms with Crippen LogP contribution < -0.4 is 5.56 Å². The summed E-state index contributed by atoms with van der Waals surface area (Å²) in [6.07, 6.45) is -0.207. The van der Waals surface area contributed by atoms with Gasteiger partial charge in [0.25, 0.3) is 5.56 Å². The molecular formula is C25H18N4O6. The van der Waals surface area contributed by atoms with E-state index in [0.29, 0.717) is 0 Å². The Kier molecular flexibility index (Phi) is 6.08. The summed E-state index contributed by atoms with van der Waals surface area (Å²) in [5.74, 6) is -2.40. The van der Waals surface area contributed by atoms with Crippen molar-refractivity contribution in [2.24, 2.45) is 10.2 Å². The largest absolute Gasteiger partial charge is 0.493 e. The Balaban J connectivity index is 1.81. The zero-order chi connectivity index (χ0) is 25.3. The maximum absolute atomic E-state index is 13.1. The highest BCUT2D eigenvalue weighted by atomic mass is 16.4. The van der Waals surface area contributed by atoms with Gasteiger partial charge in [-0.25, -0.2) is 0 Å². The van der Waals surface area contributed by atoms with Gasteiger partial charge in [-0.2, -0.15) is 5.26 Å². The number of carboxylic acids is 1. The smallest absolute Gasteiger partial charge is 0.303 e. The second kappa shape index (κ2) is 9.15. The first kappa shape index (κ1) is 23.3. The normalized spacial score (nSPS) is 12.3. The number of aliphatic carboxylic acids is 1. The van der Waals surface area contributed by atoms with Crippen LogP contribution in [0.1, 0.15) is 55.8 Å². The van der Waals surface area contributed by atoms with E-state index in [2.05, 4.69) is 10.2 Å². The first-order valence-electron chi connectivity index (χ1n) is 10.6. The van der Waals surface area contributed by atoms with Gasteiger partial charge in [-0.1, -0.05) is 36.4 Å². The van der Waals surface area contributed by atoms with Crippen LogP contribution in [0.5, 0.6) is 5.88 Å². The fourth-order valence-electron chi connectivity index (χ4n) is 3.97. The number of carbonyl (C=O) groups excluding carboxylic acids is 2. The zero-order valence-corrected chi connectivity index (χ0v) is 18.5. The minimum absolute atomic E-state index is 0.0372. The van der Waals surface area contributed by atoms with E-state index in [1.54, 1.807) is 30.3 Å². The predicted octanol–water partition coefficient (Wildman–Crippen LogP) is 3.79. The van der Waals surface area contributed by atoms with Crippen LogP contribution in [0.25, 0.3) is 0 Å². The molecule has 0 saturated heterocycles. The van der Waals surface area contributed by atoms with Gasteiger partial charge in [-0.3, -0.25) is 23.7 Å². The average molecular weight is 470 g/mol. The van der Waals surface area contributed by atoms with Crippen LogP contribution in [0.2, 0.25) is 0 Å². The van der Waals surface area contributed by atoms with Crippen molar-refractivity contribution in [3.8, 4) is 11.9 Å². The van der Waals surface area contributed by atoms with E-state index in [9.17, 15) is 29.5 Å². The number of hydrogen-bond acceptors (Lipinski definition) is 8. The van der Waals surface area contributed by atoms with Gasteiger partial charge in [0.1, 0.15) is 11.6 Å².